The van der Waals surface area contributed by atoms with Gasteiger partial charge >= 0.3 is 24.1 Å². The topological polar surface area (TPSA) is 153 Å². The molecule has 2 heterocycles. The number of ketones is 1. The molecule has 2 N–H and O–H groups in total. The highest BCUT2D eigenvalue weighted by Crippen LogP contribution is 2.13. The Morgan fingerprint density at radius 2 is 1.15 bits per heavy atom. The predicted octanol–water partition coefficient (Wildman–Crippen LogP) is 4.22. The van der Waals surface area contributed by atoms with Gasteiger partial charge in [-0.05, 0) is 35.7 Å². The Bertz CT molecular complexity index is 1240. The predicted molar refractivity (Wildman–Crippen MR) is 179 cm³/mol. The maximum Gasteiger partial charge on any atom is 0.410 e. The van der Waals surface area contributed by atoms with Crippen LogP contribution in [-0.4, -0.2) is 99.2 Å². The minimum Gasteiger partial charge on any atom is -0.469 e. The number of likely N-dealkylation sites (tertiary alicyclic amines) is 2. The summed E-state index contributed by atoms with van der Waals surface area (Å²) in [5.41, 5.74) is 1.95. The van der Waals surface area contributed by atoms with Gasteiger partial charge in [-0.25, -0.2) is 14.4 Å². The Morgan fingerprint density at radius 1 is 0.708 bits per heavy atom. The Balaban J connectivity index is 0.000000280. The molecule has 2 fully saturated rings. The number of amides is 2. The standard InChI is InChI=1S/C17H24N2O4.C13H15NO3.C4H8ClNO2/c1-22-16(20)7-10-18-15-8-11-19(12-9-15)17(21)23-13-14-5-3-2-4-6-14;15-12-6-8-14(9-7-12)13(16)17-10-11-4-2-1-3-5-11;1-8-4(7)2-3-6-5/h2-6,15,18H,7-13H2,1H3;1-5H,6-10H2;6H,2-3H2,1H3. The smallest absolute Gasteiger partial charge is 0.410 e. The van der Waals surface area contributed by atoms with E-state index in [2.05, 4.69) is 19.6 Å². The summed E-state index contributed by atoms with van der Waals surface area (Å²) in [5.74, 6) is -0.241. The first-order valence-corrected chi connectivity index (χ1v) is 16.3. The minimum absolute atomic E-state index is 0.209. The van der Waals surface area contributed by atoms with Gasteiger partial charge in [-0.3, -0.25) is 14.4 Å². The SMILES string of the molecule is COC(=O)CCNC1CCN(C(=O)OCc2ccccc2)CC1.COC(=O)CCNCl.O=C1CCN(C(=O)OCc2ccccc2)CC1. The molecule has 0 spiro atoms. The lowest BCUT2D eigenvalue weighted by Crippen LogP contribution is -2.45. The van der Waals surface area contributed by atoms with Crippen molar-refractivity contribution < 1.29 is 42.9 Å². The van der Waals surface area contributed by atoms with E-state index in [0.717, 1.165) is 24.0 Å². The van der Waals surface area contributed by atoms with E-state index in [1.807, 2.05) is 60.7 Å². The number of halogens is 1. The number of methoxy groups -OCH3 is 2. The molecule has 0 atom stereocenters. The van der Waals surface area contributed by atoms with Crippen LogP contribution < -0.4 is 10.2 Å². The third-order valence-electron chi connectivity index (χ3n) is 7.38. The minimum atomic E-state index is -0.332. The summed E-state index contributed by atoms with van der Waals surface area (Å²) in [4.78, 5) is 61.7. The van der Waals surface area contributed by atoms with Crippen LogP contribution in [0.2, 0.25) is 0 Å². The fourth-order valence-electron chi connectivity index (χ4n) is 4.56. The summed E-state index contributed by atoms with van der Waals surface area (Å²) < 4.78 is 19.4. The number of ether oxygens (including phenoxy) is 4. The number of carbonyl (C=O) groups excluding carboxylic acids is 5. The second kappa shape index (κ2) is 24.0. The van der Waals surface area contributed by atoms with Gasteiger partial charge in [-0.15, -0.1) is 0 Å². The summed E-state index contributed by atoms with van der Waals surface area (Å²) in [6, 6.07) is 19.5. The molecule has 2 aliphatic rings. The second-order valence-corrected chi connectivity index (χ2v) is 11.1. The second-order valence-electron chi connectivity index (χ2n) is 10.9. The molecular formula is C34H47ClN4O9. The maximum absolute atomic E-state index is 12.0. The van der Waals surface area contributed by atoms with Crippen LogP contribution in [0.4, 0.5) is 9.59 Å². The van der Waals surface area contributed by atoms with Gasteiger partial charge in [-0.2, -0.15) is 0 Å². The van der Waals surface area contributed by atoms with Crippen LogP contribution in [0.15, 0.2) is 60.7 Å². The van der Waals surface area contributed by atoms with Gasteiger partial charge in [0, 0.05) is 58.2 Å². The number of carbonyl (C=O) groups is 5. The zero-order valence-corrected chi connectivity index (χ0v) is 28.5. The Labute approximate surface area is 287 Å². The normalized spacial score (nSPS) is 14.4. The van der Waals surface area contributed by atoms with Crippen molar-refractivity contribution in [1.29, 1.82) is 0 Å². The number of Topliss-reactive ketones (excluding diaryl/α,β-unsaturated/α-hetero) is 1. The van der Waals surface area contributed by atoms with Gasteiger partial charge in [0.15, 0.2) is 0 Å². The van der Waals surface area contributed by atoms with Crippen molar-refractivity contribution in [3.8, 4) is 0 Å². The summed E-state index contributed by atoms with van der Waals surface area (Å²) in [7, 11) is 2.73. The number of nitrogens with zero attached hydrogens (tertiary/aromatic N) is 2. The van der Waals surface area contributed by atoms with Crippen molar-refractivity contribution in [2.75, 3.05) is 53.5 Å². The van der Waals surface area contributed by atoms with E-state index >= 15 is 0 Å². The molecule has 0 aromatic heterocycles. The van der Waals surface area contributed by atoms with Crippen LogP contribution in [0.5, 0.6) is 0 Å². The molecule has 14 heteroatoms. The lowest BCUT2D eigenvalue weighted by atomic mass is 10.1. The molecule has 0 radical (unpaired) electrons. The van der Waals surface area contributed by atoms with Crippen LogP contribution in [-0.2, 0) is 46.5 Å². The van der Waals surface area contributed by atoms with Crippen LogP contribution in [0, 0.1) is 0 Å². The summed E-state index contributed by atoms with van der Waals surface area (Å²) in [6.45, 7) is 3.94. The summed E-state index contributed by atoms with van der Waals surface area (Å²) in [6.07, 6.45) is 2.71. The monoisotopic (exact) mass is 690 g/mol. The lowest BCUT2D eigenvalue weighted by Gasteiger charge is -2.31. The van der Waals surface area contributed by atoms with E-state index in [4.69, 9.17) is 21.3 Å². The zero-order valence-electron chi connectivity index (χ0n) is 27.7. The van der Waals surface area contributed by atoms with E-state index < -0.39 is 0 Å². The number of esters is 2. The molecule has 0 bridgehead atoms. The fraction of sp³-hybridized carbons (Fsp3) is 0.500. The van der Waals surface area contributed by atoms with Crippen molar-refractivity contribution in [2.24, 2.45) is 0 Å². The molecule has 0 saturated carbocycles. The highest BCUT2D eigenvalue weighted by atomic mass is 35.5. The number of rotatable bonds is 11. The molecule has 2 amide bonds. The first-order valence-electron chi connectivity index (χ1n) is 15.9. The third kappa shape index (κ3) is 17.1. The van der Waals surface area contributed by atoms with Crippen molar-refractivity contribution >= 4 is 41.7 Å². The van der Waals surface area contributed by atoms with Crippen molar-refractivity contribution in [3.63, 3.8) is 0 Å². The molecule has 4 rings (SSSR count). The summed E-state index contributed by atoms with van der Waals surface area (Å²) in [5, 5.41) is 3.32. The number of benzene rings is 2. The highest BCUT2D eigenvalue weighted by Gasteiger charge is 2.24. The molecule has 13 nitrogen and oxygen atoms in total. The fourth-order valence-corrected chi connectivity index (χ4v) is 4.65. The van der Waals surface area contributed by atoms with E-state index in [9.17, 15) is 24.0 Å². The average molecular weight is 691 g/mol. The first-order chi connectivity index (χ1) is 23.2. The van der Waals surface area contributed by atoms with Gasteiger partial charge in [0.2, 0.25) is 0 Å². The lowest BCUT2D eigenvalue weighted by molar-refractivity contribution is -0.141. The Kier molecular flexibility index (Phi) is 20.0. The van der Waals surface area contributed by atoms with Crippen LogP contribution >= 0.6 is 11.8 Å². The van der Waals surface area contributed by atoms with Crippen LogP contribution in [0.25, 0.3) is 0 Å². The number of nitrogens with one attached hydrogen (secondary N) is 2. The largest absolute Gasteiger partial charge is 0.469 e. The number of hydrogen-bond acceptors (Lipinski definition) is 11. The number of piperidine rings is 2. The molecular weight excluding hydrogens is 644 g/mol. The highest BCUT2D eigenvalue weighted by molar-refractivity contribution is 6.13. The molecule has 0 unspecified atom stereocenters. The van der Waals surface area contributed by atoms with Gasteiger partial charge in [0.25, 0.3) is 0 Å². The van der Waals surface area contributed by atoms with E-state index in [-0.39, 0.29) is 36.5 Å². The third-order valence-corrected chi connectivity index (χ3v) is 7.57. The Morgan fingerprint density at radius 3 is 1.58 bits per heavy atom. The summed E-state index contributed by atoms with van der Waals surface area (Å²) >= 11 is 5.04. The van der Waals surface area contributed by atoms with Crippen LogP contribution in [0.3, 0.4) is 0 Å². The quantitative estimate of drug-likeness (QED) is 0.198. The van der Waals surface area contributed by atoms with E-state index in [1.54, 1.807) is 9.80 Å². The molecule has 2 aromatic rings. The van der Waals surface area contributed by atoms with Crippen molar-refractivity contribution in [3.05, 3.63) is 71.8 Å². The molecule has 264 valence electrons. The molecule has 48 heavy (non-hydrogen) atoms. The van der Waals surface area contributed by atoms with E-state index in [0.29, 0.717) is 77.6 Å². The first kappa shape index (κ1) is 40.0. The van der Waals surface area contributed by atoms with Crippen molar-refractivity contribution in [1.82, 2.24) is 20.0 Å². The molecule has 0 aliphatic carbocycles. The average Bonchev–Trinajstić information content (AvgIpc) is 3.13. The molecule has 2 aliphatic heterocycles. The van der Waals surface area contributed by atoms with Gasteiger partial charge < -0.3 is 34.1 Å². The van der Waals surface area contributed by atoms with E-state index in [1.165, 1.54) is 14.2 Å². The Hall–Kier alpha value is -4.20. The molecule has 2 saturated heterocycles. The van der Waals surface area contributed by atoms with Crippen molar-refractivity contribution in [2.45, 2.75) is 57.8 Å². The van der Waals surface area contributed by atoms with Gasteiger partial charge in [0.1, 0.15) is 19.0 Å². The molecule has 2 aromatic carbocycles. The number of hydrogen-bond donors (Lipinski definition) is 2. The van der Waals surface area contributed by atoms with Gasteiger partial charge in [-0.1, -0.05) is 60.7 Å². The zero-order chi connectivity index (χ0) is 35.0. The van der Waals surface area contributed by atoms with Gasteiger partial charge in [0.05, 0.1) is 27.1 Å². The van der Waals surface area contributed by atoms with Crippen LogP contribution in [0.1, 0.15) is 49.7 Å². The maximum atomic E-state index is 12.0.